The van der Waals surface area contributed by atoms with E-state index in [1.807, 2.05) is 31.2 Å². The molecule has 2 aromatic carbocycles. The smallest absolute Gasteiger partial charge is 0.292 e. The highest BCUT2D eigenvalue weighted by Crippen LogP contribution is 2.23. The molecule has 0 fully saturated rings. The van der Waals surface area contributed by atoms with E-state index in [0.29, 0.717) is 11.6 Å². The normalized spacial score (nSPS) is 12.1. The summed E-state index contributed by atoms with van der Waals surface area (Å²) in [5.41, 5.74) is 7.56. The Labute approximate surface area is 127 Å². The zero-order chi connectivity index (χ0) is 15.4. The Bertz CT molecular complexity index is 661. The maximum absolute atomic E-state index is 10.9. The second kappa shape index (κ2) is 6.56. The van der Waals surface area contributed by atoms with Gasteiger partial charge in [-0.15, -0.1) is 0 Å². The lowest BCUT2D eigenvalue weighted by Crippen LogP contribution is -2.18. The van der Waals surface area contributed by atoms with Gasteiger partial charge in [-0.2, -0.15) is 0 Å². The summed E-state index contributed by atoms with van der Waals surface area (Å²) in [5, 5.41) is 14.9. The van der Waals surface area contributed by atoms with Crippen LogP contribution in [0.5, 0.6) is 0 Å². The fraction of sp³-hybridized carbons (Fsp3) is 0.200. The second-order valence-corrected chi connectivity index (χ2v) is 5.24. The van der Waals surface area contributed by atoms with E-state index in [1.165, 1.54) is 6.07 Å². The molecule has 2 rings (SSSR count). The van der Waals surface area contributed by atoms with Crippen LogP contribution in [0.3, 0.4) is 0 Å². The molecule has 0 radical (unpaired) electrons. The number of hydrogen-bond acceptors (Lipinski definition) is 4. The van der Waals surface area contributed by atoms with E-state index < -0.39 is 4.92 Å². The first kappa shape index (κ1) is 15.3. The molecule has 0 aliphatic carbocycles. The van der Waals surface area contributed by atoms with Crippen LogP contribution < -0.4 is 11.1 Å². The molecule has 0 aromatic heterocycles. The summed E-state index contributed by atoms with van der Waals surface area (Å²) in [5.74, 6) is 0. The van der Waals surface area contributed by atoms with Gasteiger partial charge in [0.2, 0.25) is 0 Å². The van der Waals surface area contributed by atoms with E-state index in [4.69, 9.17) is 17.3 Å². The molecule has 0 aliphatic heterocycles. The molecule has 0 saturated carbocycles. The van der Waals surface area contributed by atoms with Crippen molar-refractivity contribution in [3.8, 4) is 0 Å². The predicted molar refractivity (Wildman–Crippen MR) is 84.2 cm³/mol. The lowest BCUT2D eigenvalue weighted by Gasteiger charge is -2.14. The molecule has 0 saturated heterocycles. The third-order valence-corrected chi connectivity index (χ3v) is 3.49. The molecule has 110 valence electrons. The first-order valence-corrected chi connectivity index (χ1v) is 6.87. The summed E-state index contributed by atoms with van der Waals surface area (Å²) in [7, 11) is 0. The molecule has 5 nitrogen and oxygen atoms in total. The molecule has 0 amide bonds. The Hall–Kier alpha value is -2.11. The number of anilines is 1. The molecule has 6 heteroatoms. The van der Waals surface area contributed by atoms with Crippen LogP contribution in [0.15, 0.2) is 42.5 Å². The van der Waals surface area contributed by atoms with E-state index in [1.54, 1.807) is 12.1 Å². The van der Waals surface area contributed by atoms with Crippen LogP contribution in [0.1, 0.15) is 24.1 Å². The van der Waals surface area contributed by atoms with Crippen molar-refractivity contribution < 1.29 is 4.92 Å². The van der Waals surface area contributed by atoms with Gasteiger partial charge in [0.25, 0.3) is 5.69 Å². The monoisotopic (exact) mass is 305 g/mol. The number of nitrogen functional groups attached to an aromatic ring is 1. The van der Waals surface area contributed by atoms with E-state index in [9.17, 15) is 10.1 Å². The number of benzene rings is 2. The molecule has 0 bridgehead atoms. The lowest BCUT2D eigenvalue weighted by atomic mass is 10.1. The first-order chi connectivity index (χ1) is 9.97. The number of nitrogens with one attached hydrogen (secondary N) is 1. The topological polar surface area (TPSA) is 81.2 Å². The number of halogens is 1. The second-order valence-electron chi connectivity index (χ2n) is 4.81. The van der Waals surface area contributed by atoms with Gasteiger partial charge in [-0.1, -0.05) is 29.8 Å². The van der Waals surface area contributed by atoms with Crippen molar-refractivity contribution >= 4 is 23.0 Å². The summed E-state index contributed by atoms with van der Waals surface area (Å²) in [6.07, 6.45) is 0. The van der Waals surface area contributed by atoms with Gasteiger partial charge in [-0.25, -0.2) is 0 Å². The Morgan fingerprint density at radius 3 is 2.76 bits per heavy atom. The number of nitrogens with two attached hydrogens (primary N) is 1. The molecule has 1 atom stereocenters. The minimum Gasteiger partial charge on any atom is -0.393 e. The molecule has 0 unspecified atom stereocenters. The van der Waals surface area contributed by atoms with E-state index in [2.05, 4.69) is 5.32 Å². The highest BCUT2D eigenvalue weighted by molar-refractivity contribution is 6.30. The van der Waals surface area contributed by atoms with Crippen LogP contribution in [-0.2, 0) is 6.54 Å². The van der Waals surface area contributed by atoms with Gasteiger partial charge in [0.15, 0.2) is 0 Å². The number of rotatable bonds is 5. The minimum absolute atomic E-state index is 0.0651. The summed E-state index contributed by atoms with van der Waals surface area (Å²) < 4.78 is 0. The third kappa shape index (κ3) is 3.93. The quantitative estimate of drug-likeness (QED) is 0.501. The maximum atomic E-state index is 10.9. The minimum atomic E-state index is -0.473. The van der Waals surface area contributed by atoms with Gasteiger partial charge in [0.1, 0.15) is 5.69 Å². The van der Waals surface area contributed by atoms with Gasteiger partial charge in [-0.3, -0.25) is 10.1 Å². The van der Waals surface area contributed by atoms with Gasteiger partial charge < -0.3 is 11.1 Å². The Morgan fingerprint density at radius 2 is 2.10 bits per heavy atom. The summed E-state index contributed by atoms with van der Waals surface area (Å²) in [6.45, 7) is 2.52. The van der Waals surface area contributed by atoms with Crippen LogP contribution >= 0.6 is 11.6 Å². The predicted octanol–water partition coefficient (Wildman–Crippen LogP) is 3.68. The van der Waals surface area contributed by atoms with Crippen LogP contribution in [-0.4, -0.2) is 4.92 Å². The number of hydrogen-bond donors (Lipinski definition) is 2. The van der Waals surface area contributed by atoms with Crippen molar-refractivity contribution in [3.05, 3.63) is 68.7 Å². The number of nitro benzene ring substituents is 1. The Kier molecular flexibility index (Phi) is 4.77. The van der Waals surface area contributed by atoms with Gasteiger partial charge in [0.05, 0.1) is 4.92 Å². The summed E-state index contributed by atoms with van der Waals surface area (Å²) >= 11 is 5.96. The van der Waals surface area contributed by atoms with Crippen molar-refractivity contribution in [1.29, 1.82) is 0 Å². The summed E-state index contributed by atoms with van der Waals surface area (Å²) in [6, 6.07) is 12.5. The van der Waals surface area contributed by atoms with E-state index in [0.717, 1.165) is 11.1 Å². The van der Waals surface area contributed by atoms with Crippen LogP contribution in [0.25, 0.3) is 0 Å². The van der Waals surface area contributed by atoms with E-state index in [-0.39, 0.29) is 17.4 Å². The molecular weight excluding hydrogens is 290 g/mol. The van der Waals surface area contributed by atoms with E-state index >= 15 is 0 Å². The zero-order valence-electron chi connectivity index (χ0n) is 11.5. The molecule has 2 aromatic rings. The van der Waals surface area contributed by atoms with Gasteiger partial charge in [0, 0.05) is 23.7 Å². The fourth-order valence-electron chi connectivity index (χ4n) is 2.02. The molecule has 0 spiro atoms. The summed E-state index contributed by atoms with van der Waals surface area (Å²) in [4.78, 5) is 10.4. The van der Waals surface area contributed by atoms with Crippen molar-refractivity contribution in [3.63, 3.8) is 0 Å². The highest BCUT2D eigenvalue weighted by Gasteiger charge is 2.12. The van der Waals surface area contributed by atoms with Crippen LogP contribution in [0, 0.1) is 10.1 Å². The third-order valence-electron chi connectivity index (χ3n) is 3.25. The Balaban J connectivity index is 2.06. The van der Waals surface area contributed by atoms with Crippen LogP contribution in [0.4, 0.5) is 11.4 Å². The lowest BCUT2D eigenvalue weighted by molar-refractivity contribution is -0.384. The number of nitrogens with zero attached hydrogens (tertiary/aromatic N) is 1. The molecule has 0 heterocycles. The first-order valence-electron chi connectivity index (χ1n) is 6.49. The van der Waals surface area contributed by atoms with Crippen molar-refractivity contribution in [1.82, 2.24) is 5.32 Å². The SMILES string of the molecule is C[C@@H](NCc1ccc(N)c([N+](=O)[O-])c1)c1cccc(Cl)c1. The van der Waals surface area contributed by atoms with Gasteiger partial charge >= 0.3 is 0 Å². The van der Waals surface area contributed by atoms with Gasteiger partial charge in [-0.05, 0) is 36.2 Å². The molecule has 3 N–H and O–H groups in total. The fourth-order valence-corrected chi connectivity index (χ4v) is 2.22. The largest absolute Gasteiger partial charge is 0.393 e. The highest BCUT2D eigenvalue weighted by atomic mass is 35.5. The zero-order valence-corrected chi connectivity index (χ0v) is 12.3. The molecular formula is C15H16ClN3O2. The standard InChI is InChI=1S/C15H16ClN3O2/c1-10(12-3-2-4-13(16)8-12)18-9-11-5-6-14(17)15(7-11)19(20)21/h2-8,10,18H,9,17H2,1H3/t10-/m1/s1. The molecule has 0 aliphatic rings. The average molecular weight is 306 g/mol. The average Bonchev–Trinajstić information content (AvgIpc) is 2.45. The van der Waals surface area contributed by atoms with Crippen LogP contribution in [0.2, 0.25) is 5.02 Å². The van der Waals surface area contributed by atoms with Crippen molar-refractivity contribution in [2.45, 2.75) is 19.5 Å². The molecule has 21 heavy (non-hydrogen) atoms. The Morgan fingerprint density at radius 1 is 1.33 bits per heavy atom. The van der Waals surface area contributed by atoms with Crippen molar-refractivity contribution in [2.24, 2.45) is 0 Å². The number of nitro groups is 1. The van der Waals surface area contributed by atoms with Crippen molar-refractivity contribution in [2.75, 3.05) is 5.73 Å². The maximum Gasteiger partial charge on any atom is 0.292 e.